The highest BCUT2D eigenvalue weighted by Gasteiger charge is 2.21. The lowest BCUT2D eigenvalue weighted by Gasteiger charge is -2.18. The van der Waals surface area contributed by atoms with Gasteiger partial charge in [-0.3, -0.25) is 14.6 Å². The van der Waals surface area contributed by atoms with Crippen molar-refractivity contribution in [1.29, 1.82) is 0 Å². The van der Waals surface area contributed by atoms with Crippen LogP contribution < -0.4 is 10.6 Å². The van der Waals surface area contributed by atoms with Crippen LogP contribution in [0.25, 0.3) is 16.6 Å². The number of nitrogens with zero attached hydrogens (tertiary/aromatic N) is 3. The van der Waals surface area contributed by atoms with Crippen LogP contribution in [0.3, 0.4) is 0 Å². The highest BCUT2D eigenvalue weighted by atomic mass is 35.5. The summed E-state index contributed by atoms with van der Waals surface area (Å²) in [5.74, 6) is -0.410. The Labute approximate surface area is 215 Å². The maximum Gasteiger partial charge on any atom is 0.257 e. The molecule has 182 valence electrons. The minimum absolute atomic E-state index is 0. The average Bonchev–Trinajstić information content (AvgIpc) is 3.23. The van der Waals surface area contributed by atoms with Gasteiger partial charge in [-0.15, -0.1) is 12.4 Å². The largest absolute Gasteiger partial charge is 0.352 e. The van der Waals surface area contributed by atoms with Gasteiger partial charge in [-0.1, -0.05) is 44.5 Å². The van der Waals surface area contributed by atoms with Gasteiger partial charge in [0.05, 0.1) is 39.9 Å². The molecule has 0 saturated heterocycles. The second-order valence-electron chi connectivity index (χ2n) is 9.22. The maximum atomic E-state index is 13.1. The first kappa shape index (κ1) is 26.2. The molecule has 0 aliphatic carbocycles. The molecule has 0 aliphatic heterocycles. The molecule has 4 aromatic rings. The van der Waals surface area contributed by atoms with Crippen LogP contribution in [0.2, 0.25) is 5.02 Å². The van der Waals surface area contributed by atoms with Crippen molar-refractivity contribution >= 4 is 52.4 Å². The van der Waals surface area contributed by atoms with Gasteiger partial charge in [-0.05, 0) is 48.4 Å². The molecule has 35 heavy (non-hydrogen) atoms. The molecule has 2 aromatic heterocycles. The molecule has 2 heterocycles. The van der Waals surface area contributed by atoms with Crippen LogP contribution in [0.5, 0.6) is 0 Å². The number of carbonyl (C=O) groups excluding carboxylic acids is 2. The number of anilines is 1. The molecule has 4 rings (SSSR count). The molecule has 2 aromatic carbocycles. The van der Waals surface area contributed by atoms with E-state index in [-0.39, 0.29) is 24.2 Å². The third kappa shape index (κ3) is 5.81. The molecule has 0 radical (unpaired) electrons. The lowest BCUT2D eigenvalue weighted by molar-refractivity contribution is -0.128. The Kier molecular flexibility index (Phi) is 7.83. The Hall–Kier alpha value is -3.42. The smallest absolute Gasteiger partial charge is 0.257 e. The van der Waals surface area contributed by atoms with Gasteiger partial charge in [0, 0.05) is 23.5 Å². The van der Waals surface area contributed by atoms with Crippen LogP contribution >= 0.6 is 24.0 Å². The van der Waals surface area contributed by atoms with Gasteiger partial charge in [0.25, 0.3) is 5.91 Å². The van der Waals surface area contributed by atoms with Crippen molar-refractivity contribution in [1.82, 2.24) is 20.1 Å². The van der Waals surface area contributed by atoms with E-state index in [0.29, 0.717) is 22.8 Å². The highest BCUT2D eigenvalue weighted by molar-refractivity contribution is 6.34. The Morgan fingerprint density at radius 3 is 2.54 bits per heavy atom. The van der Waals surface area contributed by atoms with Crippen molar-refractivity contribution < 1.29 is 9.59 Å². The number of pyridine rings is 1. The molecule has 0 spiro atoms. The van der Waals surface area contributed by atoms with Crippen molar-refractivity contribution in [2.75, 3.05) is 5.32 Å². The summed E-state index contributed by atoms with van der Waals surface area (Å²) in [5, 5.41) is 11.5. The summed E-state index contributed by atoms with van der Waals surface area (Å²) in [4.78, 5) is 29.6. The summed E-state index contributed by atoms with van der Waals surface area (Å²) in [6, 6.07) is 12.8. The molecule has 0 unspecified atom stereocenters. The Morgan fingerprint density at radius 2 is 1.83 bits per heavy atom. The summed E-state index contributed by atoms with van der Waals surface area (Å²) < 4.78 is 1.79. The predicted molar refractivity (Wildman–Crippen MR) is 142 cm³/mol. The molecular formula is C26H27Cl2N5O2. The van der Waals surface area contributed by atoms with Crippen LogP contribution in [0.1, 0.15) is 42.3 Å². The van der Waals surface area contributed by atoms with E-state index >= 15 is 0 Å². The summed E-state index contributed by atoms with van der Waals surface area (Å²) in [5.41, 5.74) is 3.95. The zero-order valence-corrected chi connectivity index (χ0v) is 21.5. The van der Waals surface area contributed by atoms with E-state index in [1.807, 2.05) is 52.0 Å². The predicted octanol–water partition coefficient (Wildman–Crippen LogP) is 5.72. The summed E-state index contributed by atoms with van der Waals surface area (Å²) >= 11 is 6.34. The van der Waals surface area contributed by atoms with Gasteiger partial charge in [-0.2, -0.15) is 5.10 Å². The van der Waals surface area contributed by atoms with Crippen LogP contribution in [0.4, 0.5) is 5.69 Å². The van der Waals surface area contributed by atoms with Gasteiger partial charge in [-0.25, -0.2) is 4.68 Å². The number of aryl methyl sites for hydroxylation is 1. The second kappa shape index (κ2) is 10.5. The van der Waals surface area contributed by atoms with Gasteiger partial charge in [0.1, 0.15) is 0 Å². The lowest BCUT2D eigenvalue weighted by Crippen LogP contribution is -2.34. The van der Waals surface area contributed by atoms with Crippen molar-refractivity contribution in [3.63, 3.8) is 0 Å². The van der Waals surface area contributed by atoms with E-state index in [1.54, 1.807) is 41.5 Å². The van der Waals surface area contributed by atoms with Crippen LogP contribution in [0, 0.1) is 12.3 Å². The van der Waals surface area contributed by atoms with E-state index in [2.05, 4.69) is 20.7 Å². The second-order valence-corrected chi connectivity index (χ2v) is 9.62. The first-order chi connectivity index (χ1) is 16.1. The van der Waals surface area contributed by atoms with Crippen molar-refractivity contribution in [3.05, 3.63) is 82.8 Å². The van der Waals surface area contributed by atoms with Gasteiger partial charge in [0.2, 0.25) is 5.91 Å². The number of amides is 2. The van der Waals surface area contributed by atoms with E-state index in [9.17, 15) is 9.59 Å². The number of rotatable bonds is 5. The summed E-state index contributed by atoms with van der Waals surface area (Å²) in [6.45, 7) is 7.82. The minimum atomic E-state index is -0.496. The van der Waals surface area contributed by atoms with E-state index in [1.165, 1.54) is 0 Å². The first-order valence-electron chi connectivity index (χ1n) is 10.9. The molecule has 0 bridgehead atoms. The fraction of sp³-hybridized carbons (Fsp3) is 0.231. The van der Waals surface area contributed by atoms with E-state index < -0.39 is 5.41 Å². The number of nitrogens with one attached hydrogen (secondary N) is 2. The Balaban J connectivity index is 0.00000342. The third-order valence-corrected chi connectivity index (χ3v) is 5.71. The number of halogens is 2. The van der Waals surface area contributed by atoms with Gasteiger partial charge >= 0.3 is 0 Å². The van der Waals surface area contributed by atoms with Crippen LogP contribution in [0.15, 0.2) is 61.1 Å². The normalized spacial score (nSPS) is 11.1. The molecular weight excluding hydrogens is 485 g/mol. The first-order valence-corrected chi connectivity index (χ1v) is 11.3. The number of benzene rings is 2. The fourth-order valence-electron chi connectivity index (χ4n) is 3.51. The molecule has 0 aliphatic rings. The van der Waals surface area contributed by atoms with E-state index in [0.717, 1.165) is 27.7 Å². The molecule has 9 heteroatoms. The zero-order chi connectivity index (χ0) is 24.5. The number of carbonyl (C=O) groups is 2. The van der Waals surface area contributed by atoms with Crippen LogP contribution in [-0.4, -0.2) is 26.6 Å². The van der Waals surface area contributed by atoms with Gasteiger partial charge in [0.15, 0.2) is 0 Å². The van der Waals surface area contributed by atoms with Crippen LogP contribution in [-0.2, 0) is 11.3 Å². The number of hydrogen-bond donors (Lipinski definition) is 2. The third-order valence-electron chi connectivity index (χ3n) is 5.38. The molecule has 7 nitrogen and oxygen atoms in total. The standard InChI is InChI=1S/C26H26ClN5O2.ClH/c1-16-10-18(14-28-12-16)32-23-7-5-6-22(20(23)15-30-32)31-24(33)19-11-17(8-9-21(19)27)13-29-25(34)26(2,3)4;/h5-12,14-15H,13H2,1-4H3,(H,29,34)(H,31,33);1H. The highest BCUT2D eigenvalue weighted by Crippen LogP contribution is 2.27. The Morgan fingerprint density at radius 1 is 1.06 bits per heavy atom. The van der Waals surface area contributed by atoms with Gasteiger partial charge < -0.3 is 10.6 Å². The zero-order valence-electron chi connectivity index (χ0n) is 19.9. The van der Waals surface area contributed by atoms with Crippen molar-refractivity contribution in [2.45, 2.75) is 34.2 Å². The average molecular weight is 512 g/mol. The maximum absolute atomic E-state index is 13.1. The van der Waals surface area contributed by atoms with Crippen molar-refractivity contribution in [2.24, 2.45) is 5.41 Å². The minimum Gasteiger partial charge on any atom is -0.352 e. The Bertz CT molecular complexity index is 1390. The fourth-order valence-corrected chi connectivity index (χ4v) is 3.72. The van der Waals surface area contributed by atoms with E-state index in [4.69, 9.17) is 11.6 Å². The number of aromatic nitrogens is 3. The number of fused-ring (bicyclic) bond motifs is 1. The topological polar surface area (TPSA) is 88.9 Å². The molecule has 0 fully saturated rings. The lowest BCUT2D eigenvalue weighted by atomic mass is 9.95. The SMILES string of the molecule is Cc1cncc(-n2ncc3c(NC(=O)c4cc(CNC(=O)C(C)(C)C)ccc4Cl)cccc32)c1.Cl. The quantitative estimate of drug-likeness (QED) is 0.358. The summed E-state index contributed by atoms with van der Waals surface area (Å²) in [7, 11) is 0. The van der Waals surface area contributed by atoms with Crippen molar-refractivity contribution in [3.8, 4) is 5.69 Å². The number of hydrogen-bond acceptors (Lipinski definition) is 4. The molecule has 0 saturated carbocycles. The summed E-state index contributed by atoms with van der Waals surface area (Å²) in [6.07, 6.45) is 5.25. The molecule has 2 amide bonds. The monoisotopic (exact) mass is 511 g/mol. The molecule has 2 N–H and O–H groups in total. The molecule has 0 atom stereocenters.